The standard InChI is InChI=1S/C15H11Br2NO6/c16-9-10(17)12-8(15(22)23)7(11(9)24-12)13(19)18-6-3-1-5(2-4-6)14(20)21/h1-4,7-8,11-12H,(H,18,19)(H,20,21)(H,22,23)/t7-,8+,11-,12-/m1/s1. The summed E-state index contributed by atoms with van der Waals surface area (Å²) in [7, 11) is 0. The largest absolute Gasteiger partial charge is 0.481 e. The molecule has 0 aliphatic carbocycles. The average molecular weight is 461 g/mol. The second-order valence-corrected chi connectivity index (χ2v) is 7.14. The molecule has 0 saturated carbocycles. The first-order valence-electron chi connectivity index (χ1n) is 6.89. The Morgan fingerprint density at radius 2 is 1.50 bits per heavy atom. The number of rotatable bonds is 4. The number of anilines is 1. The fourth-order valence-corrected chi connectivity index (χ4v) is 4.15. The lowest BCUT2D eigenvalue weighted by Gasteiger charge is -2.24. The van der Waals surface area contributed by atoms with Gasteiger partial charge in [-0.2, -0.15) is 0 Å². The van der Waals surface area contributed by atoms with Crippen molar-refractivity contribution in [3.63, 3.8) is 0 Å². The van der Waals surface area contributed by atoms with E-state index in [2.05, 4.69) is 37.2 Å². The zero-order valence-corrected chi connectivity index (χ0v) is 15.1. The molecule has 1 aromatic rings. The Hall–Kier alpha value is -1.71. The van der Waals surface area contributed by atoms with E-state index in [1.165, 1.54) is 24.3 Å². The molecule has 2 aliphatic rings. The normalized spacial score (nSPS) is 28.1. The molecule has 2 heterocycles. The zero-order chi connectivity index (χ0) is 17.6. The third-order valence-electron chi connectivity index (χ3n) is 4.05. The molecular formula is C15H11Br2NO6. The van der Waals surface area contributed by atoms with Gasteiger partial charge >= 0.3 is 11.9 Å². The highest BCUT2D eigenvalue weighted by Gasteiger charge is 2.58. The van der Waals surface area contributed by atoms with Crippen LogP contribution in [0.3, 0.4) is 0 Å². The molecule has 4 atom stereocenters. The Bertz CT molecular complexity index is 760. The molecule has 1 fully saturated rings. The molecule has 0 unspecified atom stereocenters. The topological polar surface area (TPSA) is 113 Å². The van der Waals surface area contributed by atoms with E-state index < -0.39 is 41.9 Å². The summed E-state index contributed by atoms with van der Waals surface area (Å²) < 4.78 is 6.84. The minimum absolute atomic E-state index is 0.0919. The van der Waals surface area contributed by atoms with Crippen LogP contribution in [0.15, 0.2) is 33.2 Å². The van der Waals surface area contributed by atoms with Crippen molar-refractivity contribution in [2.75, 3.05) is 5.32 Å². The van der Waals surface area contributed by atoms with Crippen LogP contribution in [0.5, 0.6) is 0 Å². The summed E-state index contributed by atoms with van der Waals surface area (Å²) in [4.78, 5) is 34.9. The Balaban J connectivity index is 1.81. The molecule has 7 nitrogen and oxygen atoms in total. The van der Waals surface area contributed by atoms with Gasteiger partial charge in [0.1, 0.15) is 18.1 Å². The van der Waals surface area contributed by atoms with E-state index in [9.17, 15) is 19.5 Å². The third kappa shape index (κ3) is 2.76. The monoisotopic (exact) mass is 459 g/mol. The molecular weight excluding hydrogens is 450 g/mol. The zero-order valence-electron chi connectivity index (χ0n) is 11.9. The summed E-state index contributed by atoms with van der Waals surface area (Å²) in [6.07, 6.45) is -1.37. The average Bonchev–Trinajstić information content (AvgIpc) is 3.05. The highest BCUT2D eigenvalue weighted by molar-refractivity contribution is 9.14. The van der Waals surface area contributed by atoms with E-state index in [0.717, 1.165) is 0 Å². The summed E-state index contributed by atoms with van der Waals surface area (Å²) >= 11 is 6.62. The van der Waals surface area contributed by atoms with Gasteiger partial charge in [-0.1, -0.05) is 31.9 Å². The minimum atomic E-state index is -1.11. The molecule has 126 valence electrons. The van der Waals surface area contributed by atoms with Crippen molar-refractivity contribution in [1.29, 1.82) is 0 Å². The number of carboxylic acids is 2. The number of hydrogen-bond acceptors (Lipinski definition) is 4. The number of ether oxygens (including phenoxy) is 1. The third-order valence-corrected chi connectivity index (χ3v) is 6.34. The molecule has 2 bridgehead atoms. The summed E-state index contributed by atoms with van der Waals surface area (Å²) in [6, 6.07) is 5.62. The molecule has 9 heteroatoms. The highest BCUT2D eigenvalue weighted by Crippen LogP contribution is 2.51. The molecule has 24 heavy (non-hydrogen) atoms. The van der Waals surface area contributed by atoms with Gasteiger partial charge in [0.15, 0.2) is 0 Å². The predicted molar refractivity (Wildman–Crippen MR) is 90.2 cm³/mol. The van der Waals surface area contributed by atoms with Gasteiger partial charge in [0.2, 0.25) is 5.91 Å². The Labute approximate surface area is 152 Å². The summed E-state index contributed by atoms with van der Waals surface area (Å²) in [5.74, 6) is -4.55. The predicted octanol–water partition coefficient (Wildman–Crippen LogP) is 2.42. The number of carbonyl (C=O) groups excluding carboxylic acids is 1. The van der Waals surface area contributed by atoms with E-state index in [-0.39, 0.29) is 5.56 Å². The molecule has 3 N–H and O–H groups in total. The SMILES string of the molecule is O=C(O)c1ccc(NC(=O)[C@@H]2[C@H](C(=O)O)[C@H]3O[C@H]2C(Br)=C3Br)cc1. The first-order chi connectivity index (χ1) is 11.3. The second-order valence-electron chi connectivity index (χ2n) is 5.43. The van der Waals surface area contributed by atoms with Crippen LogP contribution >= 0.6 is 31.9 Å². The number of benzene rings is 1. The van der Waals surface area contributed by atoms with Gasteiger partial charge in [-0.25, -0.2) is 4.79 Å². The lowest BCUT2D eigenvalue weighted by Crippen LogP contribution is -2.40. The number of hydrogen-bond donors (Lipinski definition) is 3. The number of fused-ring (bicyclic) bond motifs is 2. The van der Waals surface area contributed by atoms with Crippen LogP contribution in [-0.4, -0.2) is 40.3 Å². The molecule has 2 aliphatic heterocycles. The Morgan fingerprint density at radius 3 is 2.00 bits per heavy atom. The molecule has 1 aromatic carbocycles. The van der Waals surface area contributed by atoms with Gasteiger partial charge in [0.25, 0.3) is 0 Å². The fraction of sp³-hybridized carbons (Fsp3) is 0.267. The number of halogens is 2. The first kappa shape index (κ1) is 17.1. The van der Waals surface area contributed by atoms with Crippen LogP contribution in [0.1, 0.15) is 10.4 Å². The van der Waals surface area contributed by atoms with Gasteiger partial charge < -0.3 is 20.3 Å². The number of carbonyl (C=O) groups is 3. The summed E-state index contributed by atoms with van der Waals surface area (Å²) in [5, 5.41) is 20.9. The van der Waals surface area contributed by atoms with Gasteiger partial charge in [0, 0.05) is 14.7 Å². The van der Waals surface area contributed by atoms with Crippen LogP contribution in [0, 0.1) is 11.8 Å². The van der Waals surface area contributed by atoms with E-state index >= 15 is 0 Å². The Kier molecular flexibility index (Phi) is 4.50. The highest BCUT2D eigenvalue weighted by atomic mass is 79.9. The van der Waals surface area contributed by atoms with Crippen LogP contribution in [0.4, 0.5) is 5.69 Å². The van der Waals surface area contributed by atoms with Gasteiger partial charge in [-0.05, 0) is 24.3 Å². The quantitative estimate of drug-likeness (QED) is 0.635. The molecule has 1 saturated heterocycles. The molecule has 0 aromatic heterocycles. The van der Waals surface area contributed by atoms with Crippen molar-refractivity contribution in [1.82, 2.24) is 0 Å². The summed E-state index contributed by atoms with van der Waals surface area (Å²) in [5.41, 5.74) is 0.477. The smallest absolute Gasteiger partial charge is 0.335 e. The maximum atomic E-state index is 12.6. The number of carboxylic acid groups (broad SMARTS) is 2. The van der Waals surface area contributed by atoms with Crippen LogP contribution in [0.25, 0.3) is 0 Å². The lowest BCUT2D eigenvalue weighted by atomic mass is 9.82. The van der Waals surface area contributed by atoms with E-state index in [4.69, 9.17) is 9.84 Å². The maximum absolute atomic E-state index is 12.6. The maximum Gasteiger partial charge on any atom is 0.335 e. The fourth-order valence-electron chi connectivity index (χ4n) is 2.92. The summed E-state index contributed by atoms with van der Waals surface area (Å²) in [6.45, 7) is 0. The molecule has 3 rings (SSSR count). The van der Waals surface area contributed by atoms with Crippen LogP contribution in [-0.2, 0) is 14.3 Å². The van der Waals surface area contributed by atoms with Crippen molar-refractivity contribution in [3.05, 3.63) is 38.8 Å². The van der Waals surface area contributed by atoms with Crippen molar-refractivity contribution in [3.8, 4) is 0 Å². The van der Waals surface area contributed by atoms with Gasteiger partial charge in [0.05, 0.1) is 11.5 Å². The first-order valence-corrected chi connectivity index (χ1v) is 8.47. The van der Waals surface area contributed by atoms with Gasteiger partial charge in [-0.3, -0.25) is 9.59 Å². The van der Waals surface area contributed by atoms with Crippen molar-refractivity contribution in [2.45, 2.75) is 12.2 Å². The second kappa shape index (κ2) is 6.30. The van der Waals surface area contributed by atoms with E-state index in [0.29, 0.717) is 14.7 Å². The number of nitrogens with one attached hydrogen (secondary N) is 1. The van der Waals surface area contributed by atoms with E-state index in [1.807, 2.05) is 0 Å². The van der Waals surface area contributed by atoms with Crippen molar-refractivity contribution in [2.24, 2.45) is 11.8 Å². The van der Waals surface area contributed by atoms with Crippen LogP contribution < -0.4 is 5.32 Å². The molecule has 0 radical (unpaired) electrons. The van der Waals surface area contributed by atoms with Crippen molar-refractivity contribution >= 4 is 55.4 Å². The van der Waals surface area contributed by atoms with Crippen molar-refractivity contribution < 1.29 is 29.3 Å². The number of aliphatic carboxylic acids is 1. The molecule has 1 amide bonds. The van der Waals surface area contributed by atoms with E-state index in [1.54, 1.807) is 0 Å². The van der Waals surface area contributed by atoms with Crippen LogP contribution in [0.2, 0.25) is 0 Å². The van der Waals surface area contributed by atoms with Gasteiger partial charge in [-0.15, -0.1) is 0 Å². The number of aromatic carboxylic acids is 1. The minimum Gasteiger partial charge on any atom is -0.481 e. The number of amides is 1. The lowest BCUT2D eigenvalue weighted by molar-refractivity contribution is -0.146. The molecule has 0 spiro atoms. The Morgan fingerprint density at radius 1 is 0.958 bits per heavy atom.